The highest BCUT2D eigenvalue weighted by Gasteiger charge is 2.80. The minimum atomic E-state index is -1.07. The van der Waals surface area contributed by atoms with Gasteiger partial charge in [-0.2, -0.15) is 0 Å². The SMILES string of the molecule is COC(=O)[C@@H]1[C@@H]2C(=O)O[C@H]3[C@@H]2O[C@]1(C1OCCO1)[C@@H]3Br. The lowest BCUT2D eigenvalue weighted by Gasteiger charge is -2.38. The summed E-state index contributed by atoms with van der Waals surface area (Å²) in [7, 11) is 1.29. The van der Waals surface area contributed by atoms with Crippen LogP contribution in [0.3, 0.4) is 0 Å². The number of carbonyl (C=O) groups excluding carboxylic acids is 2. The van der Waals surface area contributed by atoms with Crippen molar-refractivity contribution in [1.29, 1.82) is 0 Å². The van der Waals surface area contributed by atoms with Crippen LogP contribution in [0.4, 0.5) is 0 Å². The van der Waals surface area contributed by atoms with Gasteiger partial charge in [0.2, 0.25) is 0 Å². The van der Waals surface area contributed by atoms with E-state index in [1.54, 1.807) is 0 Å². The van der Waals surface area contributed by atoms with Crippen LogP contribution in [0.15, 0.2) is 0 Å². The van der Waals surface area contributed by atoms with E-state index in [1.807, 2.05) is 0 Å². The number of ether oxygens (including phenoxy) is 5. The summed E-state index contributed by atoms with van der Waals surface area (Å²) in [5, 5.41) is 0. The molecule has 4 aliphatic heterocycles. The molecule has 4 rings (SSSR count). The summed E-state index contributed by atoms with van der Waals surface area (Å²) in [6, 6.07) is 0. The van der Waals surface area contributed by atoms with E-state index in [-0.39, 0.29) is 4.83 Å². The van der Waals surface area contributed by atoms with Crippen molar-refractivity contribution in [3.63, 3.8) is 0 Å². The molecule has 20 heavy (non-hydrogen) atoms. The molecule has 0 aromatic heterocycles. The first-order chi connectivity index (χ1) is 9.61. The van der Waals surface area contributed by atoms with Gasteiger partial charge in [-0.25, -0.2) is 0 Å². The monoisotopic (exact) mass is 348 g/mol. The summed E-state index contributed by atoms with van der Waals surface area (Å²) >= 11 is 3.51. The number of hydrogen-bond acceptors (Lipinski definition) is 7. The molecule has 0 aliphatic carbocycles. The number of carbonyl (C=O) groups is 2. The first-order valence-electron chi connectivity index (χ1n) is 6.44. The Hall–Kier alpha value is -0.700. The minimum Gasteiger partial charge on any atom is -0.469 e. The van der Waals surface area contributed by atoms with Crippen LogP contribution in [0.25, 0.3) is 0 Å². The van der Waals surface area contributed by atoms with Gasteiger partial charge in [0.15, 0.2) is 6.29 Å². The Morgan fingerprint density at radius 1 is 1.35 bits per heavy atom. The number of fused-ring (bicyclic) bond motifs is 1. The molecule has 2 bridgehead atoms. The van der Waals surface area contributed by atoms with Crippen molar-refractivity contribution in [3.8, 4) is 0 Å². The molecular formula is C12H13BrO7. The zero-order valence-electron chi connectivity index (χ0n) is 10.6. The zero-order valence-corrected chi connectivity index (χ0v) is 12.2. The molecule has 0 amide bonds. The summed E-state index contributed by atoms with van der Waals surface area (Å²) in [5.74, 6) is -2.35. The summed E-state index contributed by atoms with van der Waals surface area (Å²) in [5.41, 5.74) is -1.07. The average molecular weight is 349 g/mol. The fraction of sp³-hybridized carbons (Fsp3) is 0.833. The van der Waals surface area contributed by atoms with Crippen molar-refractivity contribution < 1.29 is 33.3 Å². The molecule has 6 atom stereocenters. The van der Waals surface area contributed by atoms with Crippen molar-refractivity contribution in [1.82, 2.24) is 0 Å². The lowest BCUT2D eigenvalue weighted by atomic mass is 9.71. The van der Waals surface area contributed by atoms with Crippen LogP contribution in [0.2, 0.25) is 0 Å². The van der Waals surface area contributed by atoms with Crippen LogP contribution in [-0.4, -0.2) is 61.2 Å². The number of halogens is 1. The molecule has 0 N–H and O–H groups in total. The highest BCUT2D eigenvalue weighted by atomic mass is 79.9. The summed E-state index contributed by atoms with van der Waals surface area (Å²) in [4.78, 5) is 23.9. The van der Waals surface area contributed by atoms with Crippen LogP contribution in [0.1, 0.15) is 0 Å². The van der Waals surface area contributed by atoms with E-state index in [0.29, 0.717) is 13.2 Å². The maximum atomic E-state index is 12.2. The number of methoxy groups -OCH3 is 1. The Balaban J connectivity index is 1.82. The average Bonchev–Trinajstić information content (AvgIpc) is 3.14. The van der Waals surface area contributed by atoms with Gasteiger partial charge in [-0.3, -0.25) is 9.59 Å². The summed E-state index contributed by atoms with van der Waals surface area (Å²) in [6.45, 7) is 0.858. The van der Waals surface area contributed by atoms with E-state index in [2.05, 4.69) is 15.9 Å². The molecule has 0 saturated carbocycles. The van der Waals surface area contributed by atoms with Gasteiger partial charge in [0.25, 0.3) is 0 Å². The van der Waals surface area contributed by atoms with Crippen molar-refractivity contribution in [3.05, 3.63) is 0 Å². The number of rotatable bonds is 2. The second kappa shape index (κ2) is 4.16. The lowest BCUT2D eigenvalue weighted by Crippen LogP contribution is -2.59. The van der Waals surface area contributed by atoms with Gasteiger partial charge in [0, 0.05) is 0 Å². The van der Waals surface area contributed by atoms with E-state index in [1.165, 1.54) is 7.11 Å². The van der Waals surface area contributed by atoms with Crippen LogP contribution in [-0.2, 0) is 33.3 Å². The largest absolute Gasteiger partial charge is 0.469 e. The minimum absolute atomic E-state index is 0.366. The quantitative estimate of drug-likeness (QED) is 0.496. The Kier molecular flexibility index (Phi) is 2.70. The first kappa shape index (κ1) is 13.0. The highest BCUT2D eigenvalue weighted by Crippen LogP contribution is 2.61. The molecule has 110 valence electrons. The topological polar surface area (TPSA) is 80.3 Å². The number of hydrogen-bond donors (Lipinski definition) is 0. The zero-order chi connectivity index (χ0) is 14.1. The summed E-state index contributed by atoms with van der Waals surface area (Å²) in [6.07, 6.45) is -1.58. The van der Waals surface area contributed by atoms with Gasteiger partial charge in [0.05, 0.1) is 25.2 Å². The Morgan fingerprint density at radius 3 is 2.70 bits per heavy atom. The van der Waals surface area contributed by atoms with Gasteiger partial charge in [-0.15, -0.1) is 0 Å². The second-order valence-electron chi connectivity index (χ2n) is 5.34. The van der Waals surface area contributed by atoms with Crippen LogP contribution < -0.4 is 0 Å². The van der Waals surface area contributed by atoms with E-state index in [0.717, 1.165) is 0 Å². The Labute approximate surface area is 122 Å². The van der Waals surface area contributed by atoms with Crippen molar-refractivity contribution in [2.75, 3.05) is 20.3 Å². The smallest absolute Gasteiger partial charge is 0.313 e. The molecule has 4 fully saturated rings. The van der Waals surface area contributed by atoms with Gasteiger partial charge in [0.1, 0.15) is 29.6 Å². The molecule has 4 heterocycles. The van der Waals surface area contributed by atoms with Crippen LogP contribution in [0.5, 0.6) is 0 Å². The number of alkyl halides is 1. The highest BCUT2D eigenvalue weighted by molar-refractivity contribution is 9.09. The molecule has 0 spiro atoms. The van der Waals surface area contributed by atoms with Crippen LogP contribution in [0, 0.1) is 11.8 Å². The molecular weight excluding hydrogens is 336 g/mol. The van der Waals surface area contributed by atoms with E-state index >= 15 is 0 Å². The van der Waals surface area contributed by atoms with E-state index in [4.69, 9.17) is 23.7 Å². The van der Waals surface area contributed by atoms with Crippen molar-refractivity contribution in [2.24, 2.45) is 11.8 Å². The molecule has 8 heteroatoms. The first-order valence-corrected chi connectivity index (χ1v) is 7.36. The third-order valence-electron chi connectivity index (χ3n) is 4.55. The maximum absolute atomic E-state index is 12.2. The van der Waals surface area contributed by atoms with Gasteiger partial charge in [-0.1, -0.05) is 15.9 Å². The Bertz CT molecular complexity index is 476. The third-order valence-corrected chi connectivity index (χ3v) is 5.79. The lowest BCUT2D eigenvalue weighted by molar-refractivity contribution is -0.199. The normalized spacial score (nSPS) is 49.7. The fourth-order valence-corrected chi connectivity index (χ4v) is 4.82. The van der Waals surface area contributed by atoms with Gasteiger partial charge >= 0.3 is 11.9 Å². The maximum Gasteiger partial charge on any atom is 0.313 e. The predicted molar refractivity (Wildman–Crippen MR) is 64.9 cm³/mol. The van der Waals surface area contributed by atoms with Crippen molar-refractivity contribution in [2.45, 2.75) is 28.9 Å². The van der Waals surface area contributed by atoms with E-state index in [9.17, 15) is 9.59 Å². The molecule has 4 aliphatic rings. The van der Waals surface area contributed by atoms with Crippen LogP contribution >= 0.6 is 15.9 Å². The molecule has 0 aromatic carbocycles. The second-order valence-corrected chi connectivity index (χ2v) is 6.33. The van der Waals surface area contributed by atoms with Gasteiger partial charge in [-0.05, 0) is 0 Å². The summed E-state index contributed by atoms with van der Waals surface area (Å²) < 4.78 is 27.3. The molecule has 0 unspecified atom stereocenters. The van der Waals surface area contributed by atoms with Crippen molar-refractivity contribution >= 4 is 27.9 Å². The molecule has 0 aromatic rings. The Morgan fingerprint density at radius 2 is 2.05 bits per heavy atom. The molecule has 7 nitrogen and oxygen atoms in total. The fourth-order valence-electron chi connectivity index (χ4n) is 3.80. The van der Waals surface area contributed by atoms with E-state index < -0.39 is 47.9 Å². The predicted octanol–water partition coefficient (Wildman–Crippen LogP) is -0.395. The molecule has 4 saturated heterocycles. The third kappa shape index (κ3) is 1.31. The molecule has 0 radical (unpaired) electrons. The standard InChI is InChI=1S/C12H13BrO7/c1-16-10(15)5-4-6-7(19-9(4)14)8(13)12(5,20-6)11-17-2-3-18-11/h4-8,11H,2-3H2,1H3/t4-,5-,6+,7-,8+,12-/m0/s1. The van der Waals surface area contributed by atoms with Gasteiger partial charge < -0.3 is 23.7 Å². The number of esters is 2.